The molecule has 0 atom stereocenters. The molecule has 0 fully saturated rings. The topological polar surface area (TPSA) is 75.4 Å². The van der Waals surface area contributed by atoms with Crippen molar-refractivity contribution >= 4 is 11.8 Å². The number of nitrogens with one attached hydrogen (secondary N) is 1. The second-order valence-corrected chi connectivity index (χ2v) is 4.20. The smallest absolute Gasteiger partial charge is 0.239 e. The highest BCUT2D eigenvalue weighted by atomic mass is 16.2. The Kier molecular flexibility index (Phi) is 9.43. The lowest BCUT2D eigenvalue weighted by Crippen LogP contribution is -2.38. The molecule has 0 aromatic carbocycles. The Balaban J connectivity index is 3.69. The zero-order valence-electron chi connectivity index (χ0n) is 11.0. The molecule has 0 unspecified atom stereocenters. The Morgan fingerprint density at radius 2 is 1.94 bits per heavy atom. The summed E-state index contributed by atoms with van der Waals surface area (Å²) >= 11 is 0. The Morgan fingerprint density at radius 1 is 1.24 bits per heavy atom. The van der Waals surface area contributed by atoms with Gasteiger partial charge >= 0.3 is 0 Å². The second-order valence-electron chi connectivity index (χ2n) is 4.20. The van der Waals surface area contributed by atoms with E-state index in [1.54, 1.807) is 7.05 Å². The van der Waals surface area contributed by atoms with Gasteiger partial charge in [0.15, 0.2) is 0 Å². The maximum atomic E-state index is 11.6. The van der Waals surface area contributed by atoms with Gasteiger partial charge in [0.1, 0.15) is 0 Å². The van der Waals surface area contributed by atoms with Crippen LogP contribution in [0.2, 0.25) is 0 Å². The van der Waals surface area contributed by atoms with Gasteiger partial charge in [-0.05, 0) is 25.8 Å². The van der Waals surface area contributed by atoms with E-state index >= 15 is 0 Å². The van der Waals surface area contributed by atoms with Gasteiger partial charge in [-0.2, -0.15) is 0 Å². The molecule has 0 spiro atoms. The van der Waals surface area contributed by atoms with Gasteiger partial charge in [0.05, 0.1) is 6.54 Å². The summed E-state index contributed by atoms with van der Waals surface area (Å²) in [6, 6.07) is 0. The minimum Gasteiger partial charge on any atom is -0.355 e. The third kappa shape index (κ3) is 8.68. The lowest BCUT2D eigenvalue weighted by molar-refractivity contribution is -0.134. The fraction of sp³-hybridized carbons (Fsp3) is 0.833. The third-order valence-corrected chi connectivity index (χ3v) is 2.47. The van der Waals surface area contributed by atoms with Crippen molar-refractivity contribution in [3.8, 4) is 0 Å². The van der Waals surface area contributed by atoms with E-state index < -0.39 is 0 Å². The highest BCUT2D eigenvalue weighted by Crippen LogP contribution is 2.01. The van der Waals surface area contributed by atoms with Crippen LogP contribution in [0.5, 0.6) is 0 Å². The van der Waals surface area contributed by atoms with Crippen LogP contribution >= 0.6 is 0 Å². The average Bonchev–Trinajstić information content (AvgIpc) is 2.31. The highest BCUT2D eigenvalue weighted by molar-refractivity contribution is 5.84. The Morgan fingerprint density at radius 3 is 2.53 bits per heavy atom. The number of nitrogens with two attached hydrogens (primary N) is 1. The maximum absolute atomic E-state index is 11.6. The molecule has 5 nitrogen and oxygen atoms in total. The number of likely N-dealkylation sites (N-methyl/N-ethyl adjacent to an activating group) is 1. The van der Waals surface area contributed by atoms with Crippen LogP contribution in [0.4, 0.5) is 0 Å². The van der Waals surface area contributed by atoms with Crippen molar-refractivity contribution in [1.82, 2.24) is 10.2 Å². The zero-order valence-corrected chi connectivity index (χ0v) is 11.0. The molecule has 0 aliphatic heterocycles. The van der Waals surface area contributed by atoms with Crippen LogP contribution in [0.15, 0.2) is 0 Å². The number of unbranched alkanes of at least 4 members (excludes halogenated alkanes) is 2. The first-order valence-corrected chi connectivity index (χ1v) is 6.32. The van der Waals surface area contributed by atoms with Gasteiger partial charge in [-0.1, -0.05) is 13.3 Å². The molecule has 0 aliphatic carbocycles. The van der Waals surface area contributed by atoms with Crippen LogP contribution in [-0.4, -0.2) is 43.4 Å². The van der Waals surface area contributed by atoms with Crippen molar-refractivity contribution in [2.45, 2.75) is 39.0 Å². The van der Waals surface area contributed by atoms with Crippen molar-refractivity contribution in [1.29, 1.82) is 0 Å². The zero-order chi connectivity index (χ0) is 13.1. The average molecular weight is 243 g/mol. The van der Waals surface area contributed by atoms with E-state index in [0.717, 1.165) is 25.7 Å². The first-order valence-electron chi connectivity index (χ1n) is 6.32. The summed E-state index contributed by atoms with van der Waals surface area (Å²) in [5, 5.41) is 2.75. The predicted octanol–water partition coefficient (Wildman–Crippen LogP) is 0.490. The number of amides is 2. The van der Waals surface area contributed by atoms with E-state index in [0.29, 0.717) is 19.5 Å². The van der Waals surface area contributed by atoms with Crippen molar-refractivity contribution < 1.29 is 9.59 Å². The predicted molar refractivity (Wildman–Crippen MR) is 68.5 cm³/mol. The van der Waals surface area contributed by atoms with Gasteiger partial charge in [0, 0.05) is 20.0 Å². The first-order chi connectivity index (χ1) is 8.11. The number of hydrogen-bond acceptors (Lipinski definition) is 3. The van der Waals surface area contributed by atoms with Crippen LogP contribution in [0.1, 0.15) is 39.0 Å². The first kappa shape index (κ1) is 15.9. The van der Waals surface area contributed by atoms with Crippen molar-refractivity contribution in [2.75, 3.05) is 26.7 Å². The molecule has 0 radical (unpaired) electrons. The lowest BCUT2D eigenvalue weighted by Gasteiger charge is -2.16. The number of carbonyl (C=O) groups excluding carboxylic acids is 2. The van der Waals surface area contributed by atoms with E-state index in [4.69, 9.17) is 5.73 Å². The highest BCUT2D eigenvalue weighted by Gasteiger charge is 2.11. The molecular weight excluding hydrogens is 218 g/mol. The molecule has 0 rings (SSSR count). The molecule has 5 heteroatoms. The fourth-order valence-electron chi connectivity index (χ4n) is 1.41. The third-order valence-electron chi connectivity index (χ3n) is 2.47. The van der Waals surface area contributed by atoms with E-state index in [-0.39, 0.29) is 18.4 Å². The molecule has 17 heavy (non-hydrogen) atoms. The van der Waals surface area contributed by atoms with Crippen LogP contribution in [0.3, 0.4) is 0 Å². The summed E-state index contributed by atoms with van der Waals surface area (Å²) in [6.07, 6.45) is 4.17. The largest absolute Gasteiger partial charge is 0.355 e. The minimum atomic E-state index is -0.0929. The Labute approximate surface area is 104 Å². The molecule has 0 aromatic heterocycles. The molecular formula is C12H25N3O2. The molecule has 0 saturated heterocycles. The quantitative estimate of drug-likeness (QED) is 0.579. The molecule has 2 amide bonds. The van der Waals surface area contributed by atoms with Crippen molar-refractivity contribution in [3.05, 3.63) is 0 Å². The summed E-state index contributed by atoms with van der Waals surface area (Å²) in [6.45, 7) is 3.48. The van der Waals surface area contributed by atoms with Gasteiger partial charge in [-0.25, -0.2) is 0 Å². The Bertz CT molecular complexity index is 232. The molecule has 0 aliphatic rings. The summed E-state index contributed by atoms with van der Waals surface area (Å²) in [7, 11) is 1.66. The SMILES string of the molecule is CCCNC(=O)CN(C)C(=O)CCCCCN. The monoisotopic (exact) mass is 243 g/mol. The van der Waals surface area contributed by atoms with Gasteiger partial charge in [-0.3, -0.25) is 9.59 Å². The van der Waals surface area contributed by atoms with Crippen LogP contribution < -0.4 is 11.1 Å². The second kappa shape index (κ2) is 10.1. The summed E-state index contributed by atoms with van der Waals surface area (Å²) in [5.74, 6) is -0.0710. The van der Waals surface area contributed by atoms with E-state index in [9.17, 15) is 9.59 Å². The number of carbonyl (C=O) groups is 2. The van der Waals surface area contributed by atoms with Crippen LogP contribution in [-0.2, 0) is 9.59 Å². The van der Waals surface area contributed by atoms with Gasteiger partial charge in [0.25, 0.3) is 0 Å². The lowest BCUT2D eigenvalue weighted by atomic mass is 10.2. The molecule has 0 aromatic rings. The number of nitrogens with zero attached hydrogens (tertiary/aromatic N) is 1. The van der Waals surface area contributed by atoms with Crippen LogP contribution in [0, 0.1) is 0 Å². The summed E-state index contributed by atoms with van der Waals surface area (Å²) in [5.41, 5.74) is 5.37. The summed E-state index contributed by atoms with van der Waals surface area (Å²) < 4.78 is 0. The number of rotatable bonds is 9. The van der Waals surface area contributed by atoms with E-state index in [1.807, 2.05) is 6.92 Å². The van der Waals surface area contributed by atoms with E-state index in [1.165, 1.54) is 4.90 Å². The van der Waals surface area contributed by atoms with Crippen molar-refractivity contribution in [3.63, 3.8) is 0 Å². The molecule has 0 saturated carbocycles. The maximum Gasteiger partial charge on any atom is 0.239 e. The molecule has 0 bridgehead atoms. The standard InChI is InChI=1S/C12H25N3O2/c1-3-9-14-11(16)10-15(2)12(17)7-5-4-6-8-13/h3-10,13H2,1-2H3,(H,14,16). The molecule has 3 N–H and O–H groups in total. The molecule has 0 heterocycles. The van der Waals surface area contributed by atoms with Crippen molar-refractivity contribution in [2.24, 2.45) is 5.73 Å². The normalized spacial score (nSPS) is 10.1. The van der Waals surface area contributed by atoms with Crippen LogP contribution in [0.25, 0.3) is 0 Å². The van der Waals surface area contributed by atoms with Gasteiger partial charge in [0.2, 0.25) is 11.8 Å². The number of hydrogen-bond donors (Lipinski definition) is 2. The van der Waals surface area contributed by atoms with Gasteiger partial charge < -0.3 is 16.0 Å². The fourth-order valence-corrected chi connectivity index (χ4v) is 1.41. The van der Waals surface area contributed by atoms with Gasteiger partial charge in [-0.15, -0.1) is 0 Å². The minimum absolute atomic E-state index is 0.0219. The summed E-state index contributed by atoms with van der Waals surface area (Å²) in [4.78, 5) is 24.5. The molecule has 100 valence electrons. The Hall–Kier alpha value is -1.10. The van der Waals surface area contributed by atoms with E-state index in [2.05, 4.69) is 5.32 Å².